The van der Waals surface area contributed by atoms with Crippen LogP contribution in [0.1, 0.15) is 12.8 Å². The van der Waals surface area contributed by atoms with Crippen LogP contribution in [0.25, 0.3) is 0 Å². The van der Waals surface area contributed by atoms with E-state index < -0.39 is 12.0 Å². The van der Waals surface area contributed by atoms with Crippen LogP contribution >= 0.6 is 12.6 Å². The molecule has 6 nitrogen and oxygen atoms in total. The Morgan fingerprint density at radius 1 is 1.50 bits per heavy atom. The molecule has 0 spiro atoms. The molecule has 2 amide bonds. The number of nitrogens with two attached hydrogens (primary N) is 1. The van der Waals surface area contributed by atoms with E-state index in [1.54, 1.807) is 0 Å². The van der Waals surface area contributed by atoms with Gasteiger partial charge in [-0.15, -0.1) is 0 Å². The maximum absolute atomic E-state index is 10.1. The molecule has 0 radical (unpaired) electrons. The molecule has 1 fully saturated rings. The van der Waals surface area contributed by atoms with E-state index in [0.717, 1.165) is 0 Å². The molecule has 80 valence electrons. The number of carboxylic acid groups (broad SMARTS) is 1. The summed E-state index contributed by atoms with van der Waals surface area (Å²) in [7, 11) is 0. The lowest BCUT2D eigenvalue weighted by atomic mass is 10.4. The number of thiol groups is 1. The first kappa shape index (κ1) is 12.9. The van der Waals surface area contributed by atoms with Crippen molar-refractivity contribution in [2.24, 2.45) is 5.73 Å². The van der Waals surface area contributed by atoms with Gasteiger partial charge in [0.15, 0.2) is 0 Å². The van der Waals surface area contributed by atoms with Gasteiger partial charge in [-0.3, -0.25) is 19.7 Å². The molecule has 0 saturated carbocycles. The molecular formula is C7H12N2O4S. The van der Waals surface area contributed by atoms with E-state index in [2.05, 4.69) is 17.9 Å². The molecule has 14 heavy (non-hydrogen) atoms. The molecule has 1 aliphatic rings. The highest BCUT2D eigenvalue weighted by Gasteiger charge is 2.15. The Labute approximate surface area is 86.3 Å². The Morgan fingerprint density at radius 2 is 1.93 bits per heavy atom. The Morgan fingerprint density at radius 3 is 2.00 bits per heavy atom. The second kappa shape index (κ2) is 6.39. The second-order valence-corrected chi connectivity index (χ2v) is 2.96. The number of carboxylic acids is 1. The van der Waals surface area contributed by atoms with Crippen molar-refractivity contribution in [3.63, 3.8) is 0 Å². The minimum absolute atomic E-state index is 0.148. The average molecular weight is 220 g/mol. The zero-order valence-corrected chi connectivity index (χ0v) is 8.29. The molecule has 0 aliphatic carbocycles. The lowest BCUT2D eigenvalue weighted by Crippen LogP contribution is -2.31. The van der Waals surface area contributed by atoms with Crippen LogP contribution in [0.3, 0.4) is 0 Å². The van der Waals surface area contributed by atoms with Crippen LogP contribution < -0.4 is 11.1 Å². The summed E-state index contributed by atoms with van der Waals surface area (Å²) >= 11 is 3.65. The average Bonchev–Trinajstić information content (AvgIpc) is 2.49. The first-order valence-electron chi connectivity index (χ1n) is 3.89. The van der Waals surface area contributed by atoms with Gasteiger partial charge in [-0.2, -0.15) is 12.6 Å². The fourth-order valence-corrected chi connectivity index (χ4v) is 0.742. The van der Waals surface area contributed by atoms with E-state index in [0.29, 0.717) is 12.8 Å². The summed E-state index contributed by atoms with van der Waals surface area (Å²) in [6.45, 7) is 0. The number of hydrogen-bond donors (Lipinski definition) is 4. The number of imide groups is 1. The lowest BCUT2D eigenvalue weighted by Gasteiger charge is -1.96. The monoisotopic (exact) mass is 220 g/mol. The molecule has 0 aromatic rings. The predicted octanol–water partition coefficient (Wildman–Crippen LogP) is -1.25. The van der Waals surface area contributed by atoms with Crippen LogP contribution in [0, 0.1) is 0 Å². The van der Waals surface area contributed by atoms with Gasteiger partial charge in [-0.05, 0) is 0 Å². The molecule has 0 unspecified atom stereocenters. The molecule has 1 saturated heterocycles. The van der Waals surface area contributed by atoms with E-state index >= 15 is 0 Å². The van der Waals surface area contributed by atoms with Crippen molar-refractivity contribution in [3.05, 3.63) is 0 Å². The normalized spacial score (nSPS) is 16.7. The molecular weight excluding hydrogens is 208 g/mol. The number of aliphatic carboxylic acids is 1. The van der Waals surface area contributed by atoms with Gasteiger partial charge in [0, 0.05) is 18.6 Å². The van der Waals surface area contributed by atoms with Crippen LogP contribution in [0.15, 0.2) is 0 Å². The molecule has 4 N–H and O–H groups in total. The van der Waals surface area contributed by atoms with Gasteiger partial charge in [0.2, 0.25) is 11.8 Å². The zero-order valence-electron chi connectivity index (χ0n) is 7.40. The number of carbonyl (C=O) groups excluding carboxylic acids is 2. The second-order valence-electron chi connectivity index (χ2n) is 2.60. The number of rotatable bonds is 2. The van der Waals surface area contributed by atoms with Crippen molar-refractivity contribution in [2.75, 3.05) is 5.75 Å². The quantitative estimate of drug-likeness (QED) is 0.343. The highest BCUT2D eigenvalue weighted by atomic mass is 32.1. The van der Waals surface area contributed by atoms with E-state index in [1.807, 2.05) is 0 Å². The fraction of sp³-hybridized carbons (Fsp3) is 0.571. The molecule has 1 heterocycles. The van der Waals surface area contributed by atoms with Gasteiger partial charge in [0.25, 0.3) is 0 Å². The fourth-order valence-electron chi connectivity index (χ4n) is 0.586. The van der Waals surface area contributed by atoms with Gasteiger partial charge < -0.3 is 10.8 Å². The van der Waals surface area contributed by atoms with E-state index in [4.69, 9.17) is 10.8 Å². The van der Waals surface area contributed by atoms with Crippen molar-refractivity contribution in [1.82, 2.24) is 5.32 Å². The van der Waals surface area contributed by atoms with Gasteiger partial charge in [-0.25, -0.2) is 0 Å². The van der Waals surface area contributed by atoms with E-state index in [9.17, 15) is 14.4 Å². The SMILES string of the molecule is N[C@@H](CS)C(=O)O.O=C1CCC(=O)N1. The van der Waals surface area contributed by atoms with E-state index in [1.165, 1.54) is 0 Å². The number of hydrogen-bond acceptors (Lipinski definition) is 5. The number of carbonyl (C=O) groups is 3. The third-order valence-corrected chi connectivity index (χ3v) is 1.77. The van der Waals surface area contributed by atoms with Crippen molar-refractivity contribution in [3.8, 4) is 0 Å². The van der Waals surface area contributed by atoms with Crippen LogP contribution in [0.5, 0.6) is 0 Å². The summed E-state index contributed by atoms with van der Waals surface area (Å²) in [6, 6.07) is -0.816. The van der Waals surface area contributed by atoms with Gasteiger partial charge in [0.05, 0.1) is 0 Å². The molecule has 7 heteroatoms. The van der Waals surface area contributed by atoms with Crippen molar-refractivity contribution < 1.29 is 19.5 Å². The Balaban J connectivity index is 0.000000241. The third-order valence-electron chi connectivity index (χ3n) is 1.37. The Hall–Kier alpha value is -1.08. The van der Waals surface area contributed by atoms with Crippen LogP contribution in [0.4, 0.5) is 0 Å². The lowest BCUT2D eigenvalue weighted by molar-refractivity contribution is -0.138. The first-order valence-corrected chi connectivity index (χ1v) is 4.52. The molecule has 1 aliphatic heterocycles. The zero-order chi connectivity index (χ0) is 11.1. The number of amides is 2. The molecule has 0 aromatic heterocycles. The molecule has 0 aromatic carbocycles. The van der Waals surface area contributed by atoms with Crippen LogP contribution in [0.2, 0.25) is 0 Å². The first-order chi connectivity index (χ1) is 6.47. The standard InChI is InChI=1S/C4H5NO2.C3H7NO2S/c6-3-1-2-4(7)5-3;4-2(1-7)3(5)6/h1-2H2,(H,5,6,7);2,7H,1,4H2,(H,5,6)/t;2-/m.0/s1. The maximum Gasteiger partial charge on any atom is 0.321 e. The molecule has 0 bridgehead atoms. The summed E-state index contributed by atoms with van der Waals surface area (Å²) in [5, 5.41) is 10.1. The minimum Gasteiger partial charge on any atom is -0.480 e. The van der Waals surface area contributed by atoms with Crippen molar-refractivity contribution >= 4 is 30.4 Å². The smallest absolute Gasteiger partial charge is 0.321 e. The highest BCUT2D eigenvalue weighted by molar-refractivity contribution is 7.80. The Kier molecular flexibility index (Phi) is 5.89. The topological polar surface area (TPSA) is 109 Å². The Bertz CT molecular complexity index is 230. The summed E-state index contributed by atoms with van der Waals surface area (Å²) < 4.78 is 0. The third kappa shape index (κ3) is 5.55. The van der Waals surface area contributed by atoms with Crippen LogP contribution in [-0.2, 0) is 14.4 Å². The highest BCUT2D eigenvalue weighted by Crippen LogP contribution is 1.95. The summed E-state index contributed by atoms with van der Waals surface area (Å²) in [5.74, 6) is -1.11. The van der Waals surface area contributed by atoms with Gasteiger partial charge in [-0.1, -0.05) is 0 Å². The predicted molar refractivity (Wildman–Crippen MR) is 51.8 cm³/mol. The van der Waals surface area contributed by atoms with Gasteiger partial charge >= 0.3 is 5.97 Å². The summed E-state index contributed by atoms with van der Waals surface area (Å²) in [6.07, 6.45) is 0.748. The van der Waals surface area contributed by atoms with Crippen molar-refractivity contribution in [1.29, 1.82) is 0 Å². The summed E-state index contributed by atoms with van der Waals surface area (Å²) in [5.41, 5.74) is 4.94. The van der Waals surface area contributed by atoms with Crippen molar-refractivity contribution in [2.45, 2.75) is 18.9 Å². The van der Waals surface area contributed by atoms with Gasteiger partial charge in [0.1, 0.15) is 6.04 Å². The maximum atomic E-state index is 10.1. The van der Waals surface area contributed by atoms with Crippen LogP contribution in [-0.4, -0.2) is 34.7 Å². The number of nitrogens with one attached hydrogen (secondary N) is 1. The largest absolute Gasteiger partial charge is 0.480 e. The van der Waals surface area contributed by atoms with E-state index in [-0.39, 0.29) is 17.6 Å². The minimum atomic E-state index is -1.00. The summed E-state index contributed by atoms with van der Waals surface area (Å²) in [4.78, 5) is 30.0. The molecule has 1 atom stereocenters. The molecule has 1 rings (SSSR count).